The largest absolute Gasteiger partial charge is 0.495 e. The van der Waals surface area contributed by atoms with Gasteiger partial charge in [-0.3, -0.25) is 4.98 Å². The summed E-state index contributed by atoms with van der Waals surface area (Å²) in [5.41, 5.74) is 6.18. The van der Waals surface area contributed by atoms with E-state index in [-0.39, 0.29) is 6.61 Å². The fraction of sp³-hybridized carbons (Fsp3) is 0.500. The molecule has 0 saturated heterocycles. The zero-order valence-corrected chi connectivity index (χ0v) is 8.53. The molecule has 0 radical (unpaired) electrons. The highest BCUT2D eigenvalue weighted by atomic mass is 16.5. The fourth-order valence-electron chi connectivity index (χ4n) is 1.19. The van der Waals surface area contributed by atoms with E-state index in [9.17, 15) is 0 Å². The number of nitrogens with zero attached hydrogens (tertiary/aromatic N) is 1. The van der Waals surface area contributed by atoms with Crippen LogP contribution in [0.25, 0.3) is 0 Å². The SMILES string of the molecule is COc1cncc(CC(C)(N)CO)c1. The number of hydrogen-bond acceptors (Lipinski definition) is 4. The van der Waals surface area contributed by atoms with E-state index in [1.165, 1.54) is 0 Å². The lowest BCUT2D eigenvalue weighted by Gasteiger charge is -2.21. The molecule has 1 unspecified atom stereocenters. The van der Waals surface area contributed by atoms with Crippen molar-refractivity contribution < 1.29 is 9.84 Å². The highest BCUT2D eigenvalue weighted by Gasteiger charge is 2.17. The molecule has 78 valence electrons. The van der Waals surface area contributed by atoms with Gasteiger partial charge in [-0.2, -0.15) is 0 Å². The Morgan fingerprint density at radius 3 is 2.86 bits per heavy atom. The summed E-state index contributed by atoms with van der Waals surface area (Å²) in [6.07, 6.45) is 3.94. The number of pyridine rings is 1. The van der Waals surface area contributed by atoms with E-state index in [0.29, 0.717) is 12.2 Å². The molecule has 1 aromatic heterocycles. The maximum absolute atomic E-state index is 9.01. The first kappa shape index (κ1) is 10.9. The van der Waals surface area contributed by atoms with Gasteiger partial charge in [0.1, 0.15) is 5.75 Å². The second-order valence-electron chi connectivity index (χ2n) is 3.72. The van der Waals surface area contributed by atoms with Crippen molar-refractivity contribution in [3.8, 4) is 5.75 Å². The predicted octanol–water partition coefficient (Wildman–Crippen LogP) is 0.342. The number of methoxy groups -OCH3 is 1. The first-order chi connectivity index (χ1) is 6.57. The van der Waals surface area contributed by atoms with Crippen LogP contribution in [0, 0.1) is 0 Å². The third-order valence-corrected chi connectivity index (χ3v) is 1.97. The molecule has 0 aromatic carbocycles. The molecule has 14 heavy (non-hydrogen) atoms. The number of nitrogens with two attached hydrogens (primary N) is 1. The van der Waals surface area contributed by atoms with Gasteiger partial charge in [0.25, 0.3) is 0 Å². The third kappa shape index (κ3) is 2.97. The molecular formula is C10H16N2O2. The van der Waals surface area contributed by atoms with Crippen molar-refractivity contribution in [3.05, 3.63) is 24.0 Å². The van der Waals surface area contributed by atoms with Gasteiger partial charge >= 0.3 is 0 Å². The van der Waals surface area contributed by atoms with Crippen LogP contribution in [0.15, 0.2) is 18.5 Å². The third-order valence-electron chi connectivity index (χ3n) is 1.97. The second kappa shape index (κ2) is 4.39. The Labute approximate surface area is 83.7 Å². The van der Waals surface area contributed by atoms with Crippen LogP contribution >= 0.6 is 0 Å². The Bertz CT molecular complexity index is 300. The summed E-state index contributed by atoms with van der Waals surface area (Å²) in [6, 6.07) is 1.87. The molecule has 0 amide bonds. The molecule has 1 heterocycles. The van der Waals surface area contributed by atoms with Gasteiger partial charge in [0, 0.05) is 11.7 Å². The van der Waals surface area contributed by atoms with Crippen LogP contribution in [-0.2, 0) is 6.42 Å². The van der Waals surface area contributed by atoms with E-state index in [1.54, 1.807) is 26.4 Å². The van der Waals surface area contributed by atoms with Gasteiger partial charge in [-0.15, -0.1) is 0 Å². The predicted molar refractivity (Wildman–Crippen MR) is 54.2 cm³/mol. The monoisotopic (exact) mass is 196 g/mol. The van der Waals surface area contributed by atoms with Crippen LogP contribution in [0.3, 0.4) is 0 Å². The van der Waals surface area contributed by atoms with Crippen LogP contribution in [0.4, 0.5) is 0 Å². The molecule has 0 bridgehead atoms. The summed E-state index contributed by atoms with van der Waals surface area (Å²) in [5.74, 6) is 0.705. The van der Waals surface area contributed by atoms with E-state index in [0.717, 1.165) is 5.56 Å². The van der Waals surface area contributed by atoms with Crippen molar-refractivity contribution in [2.24, 2.45) is 5.73 Å². The average molecular weight is 196 g/mol. The van der Waals surface area contributed by atoms with Crippen molar-refractivity contribution in [1.82, 2.24) is 4.98 Å². The highest BCUT2D eigenvalue weighted by Crippen LogP contribution is 2.14. The number of rotatable bonds is 4. The zero-order chi connectivity index (χ0) is 10.6. The Hall–Kier alpha value is -1.13. The maximum atomic E-state index is 9.01. The molecule has 0 aliphatic rings. The molecule has 1 aromatic rings. The summed E-state index contributed by atoms with van der Waals surface area (Å²) in [7, 11) is 1.59. The molecule has 1 rings (SSSR count). The standard InChI is InChI=1S/C10H16N2O2/c1-10(11,7-13)4-8-3-9(14-2)6-12-5-8/h3,5-6,13H,4,7,11H2,1-2H3. The smallest absolute Gasteiger partial charge is 0.137 e. The molecular weight excluding hydrogens is 180 g/mol. The van der Waals surface area contributed by atoms with Crippen LogP contribution in [0.5, 0.6) is 5.75 Å². The molecule has 0 aliphatic heterocycles. The molecule has 3 N–H and O–H groups in total. The topological polar surface area (TPSA) is 68.4 Å². The van der Waals surface area contributed by atoms with E-state index < -0.39 is 5.54 Å². The maximum Gasteiger partial charge on any atom is 0.137 e. The second-order valence-corrected chi connectivity index (χ2v) is 3.72. The van der Waals surface area contributed by atoms with Gasteiger partial charge in [0.05, 0.1) is 19.9 Å². The fourth-order valence-corrected chi connectivity index (χ4v) is 1.19. The van der Waals surface area contributed by atoms with Crippen LogP contribution in [0.1, 0.15) is 12.5 Å². The molecule has 0 spiro atoms. The van der Waals surface area contributed by atoms with Crippen molar-refractivity contribution in [2.75, 3.05) is 13.7 Å². The Balaban J connectivity index is 2.76. The first-order valence-corrected chi connectivity index (χ1v) is 4.45. The quantitative estimate of drug-likeness (QED) is 0.728. The van der Waals surface area contributed by atoms with E-state index in [1.807, 2.05) is 6.07 Å². The highest BCUT2D eigenvalue weighted by molar-refractivity contribution is 5.24. The average Bonchev–Trinajstić information content (AvgIpc) is 2.17. The van der Waals surface area contributed by atoms with Crippen molar-refractivity contribution in [1.29, 1.82) is 0 Å². The van der Waals surface area contributed by atoms with Crippen molar-refractivity contribution >= 4 is 0 Å². The Kier molecular flexibility index (Phi) is 3.43. The molecule has 0 saturated carbocycles. The minimum Gasteiger partial charge on any atom is -0.495 e. The summed E-state index contributed by atoms with van der Waals surface area (Å²) in [6.45, 7) is 1.75. The van der Waals surface area contributed by atoms with Gasteiger partial charge in [-0.1, -0.05) is 0 Å². The van der Waals surface area contributed by atoms with E-state index in [4.69, 9.17) is 15.6 Å². The van der Waals surface area contributed by atoms with Gasteiger partial charge in [-0.05, 0) is 25.0 Å². The summed E-state index contributed by atoms with van der Waals surface area (Å²) in [4.78, 5) is 4.01. The number of ether oxygens (including phenoxy) is 1. The van der Waals surface area contributed by atoms with Gasteiger partial charge in [0.15, 0.2) is 0 Å². The lowest BCUT2D eigenvalue weighted by Crippen LogP contribution is -2.42. The normalized spacial score (nSPS) is 14.9. The number of aliphatic hydroxyl groups excluding tert-OH is 1. The summed E-state index contributed by atoms with van der Waals surface area (Å²) < 4.78 is 5.04. The van der Waals surface area contributed by atoms with Gasteiger partial charge in [0.2, 0.25) is 0 Å². The minimum atomic E-state index is -0.603. The summed E-state index contributed by atoms with van der Waals surface area (Å²) >= 11 is 0. The molecule has 0 aliphatic carbocycles. The Morgan fingerprint density at radius 1 is 1.57 bits per heavy atom. The van der Waals surface area contributed by atoms with E-state index in [2.05, 4.69) is 4.98 Å². The molecule has 4 nitrogen and oxygen atoms in total. The zero-order valence-electron chi connectivity index (χ0n) is 8.53. The van der Waals surface area contributed by atoms with Gasteiger partial charge < -0.3 is 15.6 Å². The number of aliphatic hydroxyl groups is 1. The van der Waals surface area contributed by atoms with Crippen LogP contribution in [-0.4, -0.2) is 29.3 Å². The molecule has 1 atom stereocenters. The first-order valence-electron chi connectivity index (χ1n) is 4.45. The van der Waals surface area contributed by atoms with Crippen LogP contribution in [0.2, 0.25) is 0 Å². The lowest BCUT2D eigenvalue weighted by atomic mass is 9.96. The van der Waals surface area contributed by atoms with Crippen LogP contribution < -0.4 is 10.5 Å². The van der Waals surface area contributed by atoms with Crippen molar-refractivity contribution in [3.63, 3.8) is 0 Å². The van der Waals surface area contributed by atoms with Gasteiger partial charge in [-0.25, -0.2) is 0 Å². The number of hydrogen-bond donors (Lipinski definition) is 2. The van der Waals surface area contributed by atoms with Crippen molar-refractivity contribution in [2.45, 2.75) is 18.9 Å². The molecule has 0 fully saturated rings. The Morgan fingerprint density at radius 2 is 2.29 bits per heavy atom. The van der Waals surface area contributed by atoms with E-state index >= 15 is 0 Å². The summed E-state index contributed by atoms with van der Waals surface area (Å²) in [5, 5.41) is 9.01. The number of aromatic nitrogens is 1. The minimum absolute atomic E-state index is 0.0514. The molecule has 4 heteroatoms. The lowest BCUT2D eigenvalue weighted by molar-refractivity contribution is 0.208.